The van der Waals surface area contributed by atoms with E-state index in [9.17, 15) is 9.59 Å². The summed E-state index contributed by atoms with van der Waals surface area (Å²) in [5, 5.41) is 2.77. The van der Waals surface area contributed by atoms with E-state index < -0.39 is 0 Å². The molecule has 0 bridgehead atoms. The summed E-state index contributed by atoms with van der Waals surface area (Å²) >= 11 is 0. The van der Waals surface area contributed by atoms with Crippen LogP contribution in [0.25, 0.3) is 5.69 Å². The highest BCUT2D eigenvalue weighted by Crippen LogP contribution is 2.16. The van der Waals surface area contributed by atoms with Crippen LogP contribution in [0.3, 0.4) is 0 Å². The number of amides is 1. The van der Waals surface area contributed by atoms with Crippen molar-refractivity contribution in [3.63, 3.8) is 0 Å². The van der Waals surface area contributed by atoms with Gasteiger partial charge in [-0.1, -0.05) is 30.3 Å². The second-order valence-corrected chi connectivity index (χ2v) is 6.24. The van der Waals surface area contributed by atoms with E-state index in [0.717, 1.165) is 17.0 Å². The van der Waals surface area contributed by atoms with E-state index >= 15 is 0 Å². The molecule has 0 aliphatic heterocycles. The van der Waals surface area contributed by atoms with Gasteiger partial charge in [0.1, 0.15) is 11.4 Å². The normalized spacial score (nSPS) is 10.6. The number of anilines is 1. The van der Waals surface area contributed by atoms with Crippen molar-refractivity contribution < 1.29 is 9.53 Å². The second-order valence-electron chi connectivity index (χ2n) is 6.24. The van der Waals surface area contributed by atoms with Gasteiger partial charge in [-0.3, -0.25) is 14.3 Å². The van der Waals surface area contributed by atoms with E-state index in [4.69, 9.17) is 4.74 Å². The Balaban J connectivity index is 1.79. The zero-order valence-electron chi connectivity index (χ0n) is 15.7. The number of nitrogens with zero attached hydrogens (tertiary/aromatic N) is 2. The first-order valence-electron chi connectivity index (χ1n) is 8.87. The van der Waals surface area contributed by atoms with Crippen LogP contribution in [-0.4, -0.2) is 21.9 Å². The number of rotatable bonds is 6. The predicted octanol–water partition coefficient (Wildman–Crippen LogP) is 3.06. The monoisotopic (exact) mass is 365 g/mol. The van der Waals surface area contributed by atoms with Crippen molar-refractivity contribution in [1.82, 2.24) is 9.36 Å². The van der Waals surface area contributed by atoms with Crippen molar-refractivity contribution in [2.75, 3.05) is 11.9 Å². The van der Waals surface area contributed by atoms with E-state index in [-0.39, 0.29) is 17.9 Å². The van der Waals surface area contributed by atoms with E-state index in [1.807, 2.05) is 68.4 Å². The summed E-state index contributed by atoms with van der Waals surface area (Å²) in [7, 11) is 1.80. The number of hydrogen-bond donors (Lipinski definition) is 1. The Morgan fingerprint density at radius 3 is 2.37 bits per heavy atom. The fourth-order valence-electron chi connectivity index (χ4n) is 2.95. The lowest BCUT2D eigenvalue weighted by Crippen LogP contribution is -2.23. The summed E-state index contributed by atoms with van der Waals surface area (Å²) in [6.45, 7) is 4.33. The van der Waals surface area contributed by atoms with Gasteiger partial charge in [-0.2, -0.15) is 0 Å². The molecule has 0 radical (unpaired) electrons. The Bertz CT molecular complexity index is 986. The van der Waals surface area contributed by atoms with E-state index in [0.29, 0.717) is 18.0 Å². The lowest BCUT2D eigenvalue weighted by molar-refractivity contribution is -0.115. The van der Waals surface area contributed by atoms with Gasteiger partial charge in [0.05, 0.1) is 24.4 Å². The molecule has 6 nitrogen and oxygen atoms in total. The quantitative estimate of drug-likeness (QED) is 0.730. The maximum Gasteiger partial charge on any atom is 0.295 e. The molecule has 0 aliphatic rings. The number of para-hydroxylation sites is 1. The molecule has 1 heterocycles. The zero-order valence-corrected chi connectivity index (χ0v) is 15.7. The van der Waals surface area contributed by atoms with Crippen LogP contribution in [0.1, 0.15) is 18.2 Å². The van der Waals surface area contributed by atoms with Gasteiger partial charge < -0.3 is 10.1 Å². The molecule has 0 spiro atoms. The van der Waals surface area contributed by atoms with Gasteiger partial charge >= 0.3 is 0 Å². The molecule has 0 fully saturated rings. The van der Waals surface area contributed by atoms with Gasteiger partial charge in [-0.05, 0) is 43.7 Å². The van der Waals surface area contributed by atoms with Crippen molar-refractivity contribution in [2.24, 2.45) is 7.05 Å². The number of nitrogens with one attached hydrogen (secondary N) is 1. The molecule has 6 heteroatoms. The smallest absolute Gasteiger partial charge is 0.295 e. The minimum absolute atomic E-state index is 0.186. The van der Waals surface area contributed by atoms with Crippen molar-refractivity contribution in [3.8, 4) is 11.4 Å². The molecule has 27 heavy (non-hydrogen) atoms. The van der Waals surface area contributed by atoms with Crippen LogP contribution < -0.4 is 15.6 Å². The Labute approximate surface area is 158 Å². The second kappa shape index (κ2) is 7.95. The average Bonchev–Trinajstić information content (AvgIpc) is 2.87. The lowest BCUT2D eigenvalue weighted by atomic mass is 10.1. The number of aromatic nitrogens is 2. The third kappa shape index (κ3) is 3.95. The molecule has 0 atom stereocenters. The first-order chi connectivity index (χ1) is 13.0. The Morgan fingerprint density at radius 2 is 1.74 bits per heavy atom. The first-order valence-corrected chi connectivity index (χ1v) is 8.87. The molecule has 0 aliphatic carbocycles. The van der Waals surface area contributed by atoms with Crippen LogP contribution in [0.4, 0.5) is 5.69 Å². The molecule has 1 N–H and O–H groups in total. The fraction of sp³-hybridized carbons (Fsp3) is 0.238. The van der Waals surface area contributed by atoms with Gasteiger partial charge in [-0.15, -0.1) is 0 Å². The number of carbonyl (C=O) groups is 1. The third-order valence-electron chi connectivity index (χ3n) is 4.42. The van der Waals surface area contributed by atoms with Crippen molar-refractivity contribution in [2.45, 2.75) is 20.3 Å². The van der Waals surface area contributed by atoms with Gasteiger partial charge in [0.2, 0.25) is 5.91 Å². The molecule has 3 aromatic rings. The predicted molar refractivity (Wildman–Crippen MR) is 106 cm³/mol. The molecule has 0 saturated heterocycles. The van der Waals surface area contributed by atoms with Crippen LogP contribution in [0.15, 0.2) is 59.4 Å². The maximum absolute atomic E-state index is 12.8. The highest BCUT2D eigenvalue weighted by molar-refractivity contribution is 5.92. The number of hydrogen-bond acceptors (Lipinski definition) is 3. The summed E-state index contributed by atoms with van der Waals surface area (Å²) < 4.78 is 8.69. The Kier molecular flexibility index (Phi) is 5.45. The molecule has 140 valence electrons. The van der Waals surface area contributed by atoms with Crippen molar-refractivity contribution >= 4 is 11.6 Å². The highest BCUT2D eigenvalue weighted by atomic mass is 16.5. The largest absolute Gasteiger partial charge is 0.494 e. The van der Waals surface area contributed by atoms with Gasteiger partial charge in [0.15, 0.2) is 0 Å². The van der Waals surface area contributed by atoms with Crippen molar-refractivity contribution in [1.29, 1.82) is 0 Å². The number of carbonyl (C=O) groups excluding carboxylic acids is 1. The van der Waals surface area contributed by atoms with Crippen LogP contribution in [0, 0.1) is 6.92 Å². The van der Waals surface area contributed by atoms with Crippen molar-refractivity contribution in [3.05, 3.63) is 76.2 Å². The maximum atomic E-state index is 12.8. The zero-order chi connectivity index (χ0) is 19.4. The van der Waals surface area contributed by atoms with E-state index in [1.165, 1.54) is 0 Å². The van der Waals surface area contributed by atoms with Gasteiger partial charge in [0, 0.05) is 7.05 Å². The van der Waals surface area contributed by atoms with Crippen LogP contribution in [-0.2, 0) is 18.3 Å². The summed E-state index contributed by atoms with van der Waals surface area (Å²) in [4.78, 5) is 25.3. The molecular formula is C21H23N3O3. The molecule has 2 aromatic carbocycles. The van der Waals surface area contributed by atoms with Gasteiger partial charge in [-0.25, -0.2) is 4.68 Å². The minimum Gasteiger partial charge on any atom is -0.494 e. The molecule has 1 amide bonds. The Morgan fingerprint density at radius 1 is 1.07 bits per heavy atom. The molecule has 1 aromatic heterocycles. The summed E-state index contributed by atoms with van der Waals surface area (Å²) in [6, 6.07) is 16.7. The van der Waals surface area contributed by atoms with E-state index in [2.05, 4.69) is 5.32 Å². The van der Waals surface area contributed by atoms with E-state index in [1.54, 1.807) is 16.4 Å². The molecule has 3 rings (SSSR count). The fourth-order valence-corrected chi connectivity index (χ4v) is 2.95. The molecule has 0 saturated carbocycles. The first kappa shape index (κ1) is 18.5. The molecule has 0 unspecified atom stereocenters. The van der Waals surface area contributed by atoms with Gasteiger partial charge in [0.25, 0.3) is 5.56 Å². The van der Waals surface area contributed by atoms with Crippen LogP contribution >= 0.6 is 0 Å². The summed E-state index contributed by atoms with van der Waals surface area (Å²) in [5.41, 5.74) is 2.36. The van der Waals surface area contributed by atoms with Crippen LogP contribution in [0.5, 0.6) is 5.75 Å². The average molecular weight is 365 g/mol. The lowest BCUT2D eigenvalue weighted by Gasteiger charge is -2.07. The summed E-state index contributed by atoms with van der Waals surface area (Å²) in [6.07, 6.45) is 0.186. The van der Waals surface area contributed by atoms with Crippen LogP contribution in [0.2, 0.25) is 0 Å². The third-order valence-corrected chi connectivity index (χ3v) is 4.42. The SMILES string of the molecule is CCOc1ccc(CC(=O)Nc2c(C)n(C)n(-c3ccccc3)c2=O)cc1. The highest BCUT2D eigenvalue weighted by Gasteiger charge is 2.18. The standard InChI is InChI=1S/C21H23N3O3/c1-4-27-18-12-10-16(11-13-18)14-19(25)22-20-15(2)23(3)24(21(20)26)17-8-6-5-7-9-17/h5-13H,4,14H2,1-3H3,(H,22,25). The Hall–Kier alpha value is -3.28. The summed E-state index contributed by atoms with van der Waals surface area (Å²) in [5.74, 6) is 0.538. The topological polar surface area (TPSA) is 65.3 Å². The minimum atomic E-state index is -0.249. The molecular weight excluding hydrogens is 342 g/mol. The number of ether oxygens (including phenoxy) is 1. The number of benzene rings is 2.